The summed E-state index contributed by atoms with van der Waals surface area (Å²) in [5, 5.41) is 5.96. The van der Waals surface area contributed by atoms with Gasteiger partial charge in [0.05, 0.1) is 0 Å². The van der Waals surface area contributed by atoms with Crippen LogP contribution in [0.4, 0.5) is 0 Å². The molecule has 1 aliphatic rings. The Hall–Kier alpha value is -1.09. The fraction of sp³-hybridized carbons (Fsp3) is 0.444. The Kier molecular flexibility index (Phi) is 3.54. The molecular formula is C9H14N2O. The van der Waals surface area contributed by atoms with Crippen LogP contribution in [0.15, 0.2) is 24.3 Å². The van der Waals surface area contributed by atoms with Crippen molar-refractivity contribution in [3.8, 4) is 0 Å². The Morgan fingerprint density at radius 1 is 1.83 bits per heavy atom. The first-order chi connectivity index (χ1) is 5.83. The first kappa shape index (κ1) is 9.00. The molecule has 0 aromatic heterocycles. The number of nitrogens with one attached hydrogen (secondary N) is 2. The van der Waals surface area contributed by atoms with Gasteiger partial charge in [-0.3, -0.25) is 4.79 Å². The molecule has 0 saturated heterocycles. The quantitative estimate of drug-likeness (QED) is 0.465. The standard InChI is InChI=1S/C9H14N2O/c1-2-9(12)11-7-8-3-5-10-6-4-8/h2-3,10H,1,4-7H2,(H,11,12). The zero-order chi connectivity index (χ0) is 8.81. The van der Waals surface area contributed by atoms with Gasteiger partial charge in [-0.15, -0.1) is 0 Å². The van der Waals surface area contributed by atoms with E-state index in [0.717, 1.165) is 19.5 Å². The van der Waals surface area contributed by atoms with Crippen LogP contribution in [0.3, 0.4) is 0 Å². The van der Waals surface area contributed by atoms with E-state index in [1.807, 2.05) is 0 Å². The van der Waals surface area contributed by atoms with Crippen molar-refractivity contribution in [3.63, 3.8) is 0 Å². The van der Waals surface area contributed by atoms with Gasteiger partial charge < -0.3 is 10.6 Å². The van der Waals surface area contributed by atoms with Crippen LogP contribution in [-0.2, 0) is 4.79 Å². The van der Waals surface area contributed by atoms with Crippen LogP contribution in [0.5, 0.6) is 0 Å². The van der Waals surface area contributed by atoms with Gasteiger partial charge >= 0.3 is 0 Å². The second kappa shape index (κ2) is 4.72. The van der Waals surface area contributed by atoms with Crippen molar-refractivity contribution in [2.45, 2.75) is 6.42 Å². The number of hydrogen-bond acceptors (Lipinski definition) is 2. The highest BCUT2D eigenvalue weighted by Crippen LogP contribution is 2.01. The molecule has 3 heteroatoms. The average molecular weight is 166 g/mol. The van der Waals surface area contributed by atoms with E-state index in [9.17, 15) is 4.79 Å². The van der Waals surface area contributed by atoms with E-state index in [-0.39, 0.29) is 5.91 Å². The molecule has 1 aliphatic heterocycles. The maximum atomic E-state index is 10.8. The molecule has 0 radical (unpaired) electrons. The maximum absolute atomic E-state index is 10.8. The summed E-state index contributed by atoms with van der Waals surface area (Å²) in [6.07, 6.45) is 4.44. The Balaban J connectivity index is 2.26. The number of rotatable bonds is 3. The first-order valence-electron chi connectivity index (χ1n) is 4.12. The third kappa shape index (κ3) is 2.88. The van der Waals surface area contributed by atoms with Gasteiger partial charge in [0.25, 0.3) is 0 Å². The smallest absolute Gasteiger partial charge is 0.243 e. The molecule has 3 nitrogen and oxygen atoms in total. The lowest BCUT2D eigenvalue weighted by molar-refractivity contribution is -0.116. The fourth-order valence-corrected chi connectivity index (χ4v) is 1.10. The monoisotopic (exact) mass is 166 g/mol. The minimum absolute atomic E-state index is 0.102. The molecular weight excluding hydrogens is 152 g/mol. The maximum Gasteiger partial charge on any atom is 0.243 e. The highest BCUT2D eigenvalue weighted by Gasteiger charge is 2.02. The van der Waals surface area contributed by atoms with Crippen molar-refractivity contribution < 1.29 is 4.79 Å². The molecule has 0 aliphatic carbocycles. The van der Waals surface area contributed by atoms with Crippen molar-refractivity contribution in [1.82, 2.24) is 10.6 Å². The summed E-state index contributed by atoms with van der Waals surface area (Å²) in [4.78, 5) is 10.8. The van der Waals surface area contributed by atoms with Crippen LogP contribution >= 0.6 is 0 Å². The summed E-state index contributed by atoms with van der Waals surface area (Å²) in [5.74, 6) is -0.102. The molecule has 0 atom stereocenters. The van der Waals surface area contributed by atoms with Crippen molar-refractivity contribution in [1.29, 1.82) is 0 Å². The lowest BCUT2D eigenvalue weighted by atomic mass is 10.1. The van der Waals surface area contributed by atoms with Crippen molar-refractivity contribution >= 4 is 5.91 Å². The Labute approximate surface area is 72.5 Å². The average Bonchev–Trinajstić information content (AvgIpc) is 2.16. The molecule has 2 N–H and O–H groups in total. The van der Waals surface area contributed by atoms with Gasteiger partial charge in [-0.2, -0.15) is 0 Å². The second-order valence-corrected chi connectivity index (χ2v) is 2.74. The molecule has 0 unspecified atom stereocenters. The van der Waals surface area contributed by atoms with E-state index < -0.39 is 0 Å². The summed E-state index contributed by atoms with van der Waals surface area (Å²) >= 11 is 0. The predicted molar refractivity (Wildman–Crippen MR) is 48.8 cm³/mol. The molecule has 1 rings (SSSR count). The molecule has 0 spiro atoms. The van der Waals surface area contributed by atoms with Gasteiger partial charge in [-0.05, 0) is 19.0 Å². The van der Waals surface area contributed by atoms with Gasteiger partial charge in [0.2, 0.25) is 5.91 Å². The Morgan fingerprint density at radius 3 is 3.25 bits per heavy atom. The van der Waals surface area contributed by atoms with Crippen molar-refractivity contribution in [2.24, 2.45) is 0 Å². The second-order valence-electron chi connectivity index (χ2n) is 2.74. The predicted octanol–water partition coefficient (Wildman–Crippen LogP) is 0.208. The minimum Gasteiger partial charge on any atom is -0.349 e. The SMILES string of the molecule is C=CC(=O)NCC1=CCNCC1. The highest BCUT2D eigenvalue weighted by molar-refractivity contribution is 5.86. The number of carbonyl (C=O) groups is 1. The summed E-state index contributed by atoms with van der Waals surface area (Å²) in [7, 11) is 0. The fourth-order valence-electron chi connectivity index (χ4n) is 1.10. The van der Waals surface area contributed by atoms with E-state index in [1.165, 1.54) is 11.6 Å². The topological polar surface area (TPSA) is 41.1 Å². The molecule has 0 aromatic rings. The number of hydrogen-bond donors (Lipinski definition) is 2. The van der Waals surface area contributed by atoms with Crippen LogP contribution in [0.1, 0.15) is 6.42 Å². The van der Waals surface area contributed by atoms with Crippen LogP contribution in [-0.4, -0.2) is 25.5 Å². The summed E-state index contributed by atoms with van der Waals surface area (Å²) < 4.78 is 0. The zero-order valence-corrected chi connectivity index (χ0v) is 7.10. The molecule has 1 heterocycles. The molecule has 0 saturated carbocycles. The van der Waals surface area contributed by atoms with Gasteiger partial charge in [0, 0.05) is 13.1 Å². The molecule has 0 aromatic carbocycles. The van der Waals surface area contributed by atoms with Gasteiger partial charge in [0.1, 0.15) is 0 Å². The third-order valence-electron chi connectivity index (χ3n) is 1.83. The van der Waals surface area contributed by atoms with Crippen molar-refractivity contribution in [3.05, 3.63) is 24.3 Å². The van der Waals surface area contributed by atoms with E-state index in [0.29, 0.717) is 6.54 Å². The van der Waals surface area contributed by atoms with Gasteiger partial charge in [-0.1, -0.05) is 18.2 Å². The van der Waals surface area contributed by atoms with Gasteiger partial charge in [0.15, 0.2) is 0 Å². The minimum atomic E-state index is -0.102. The van der Waals surface area contributed by atoms with Crippen molar-refractivity contribution in [2.75, 3.05) is 19.6 Å². The molecule has 0 bridgehead atoms. The van der Waals surface area contributed by atoms with Crippen LogP contribution in [0.25, 0.3) is 0 Å². The number of carbonyl (C=O) groups excluding carboxylic acids is 1. The summed E-state index contributed by atoms with van der Waals surface area (Å²) in [5.41, 5.74) is 1.30. The molecule has 66 valence electrons. The molecule has 1 amide bonds. The number of amides is 1. The Morgan fingerprint density at radius 2 is 2.67 bits per heavy atom. The first-order valence-corrected chi connectivity index (χ1v) is 4.12. The van der Waals surface area contributed by atoms with E-state index in [4.69, 9.17) is 0 Å². The zero-order valence-electron chi connectivity index (χ0n) is 7.10. The van der Waals surface area contributed by atoms with Crippen LogP contribution in [0, 0.1) is 0 Å². The normalized spacial score (nSPS) is 16.5. The molecule has 12 heavy (non-hydrogen) atoms. The van der Waals surface area contributed by atoms with Gasteiger partial charge in [-0.25, -0.2) is 0 Å². The Bertz CT molecular complexity index is 209. The summed E-state index contributed by atoms with van der Waals surface area (Å²) in [6.45, 7) is 5.97. The van der Waals surface area contributed by atoms with Crippen LogP contribution in [0.2, 0.25) is 0 Å². The summed E-state index contributed by atoms with van der Waals surface area (Å²) in [6, 6.07) is 0. The van der Waals surface area contributed by atoms with Crippen LogP contribution < -0.4 is 10.6 Å². The highest BCUT2D eigenvalue weighted by atomic mass is 16.1. The van der Waals surface area contributed by atoms with E-state index >= 15 is 0 Å². The van der Waals surface area contributed by atoms with E-state index in [2.05, 4.69) is 23.3 Å². The lowest BCUT2D eigenvalue weighted by Gasteiger charge is -2.13. The molecule has 0 fully saturated rings. The van der Waals surface area contributed by atoms with E-state index in [1.54, 1.807) is 0 Å². The lowest BCUT2D eigenvalue weighted by Crippen LogP contribution is -2.28. The largest absolute Gasteiger partial charge is 0.349 e. The third-order valence-corrected chi connectivity index (χ3v) is 1.83.